The number of aryl methyl sites for hydroxylation is 1. The summed E-state index contributed by atoms with van der Waals surface area (Å²) < 4.78 is 2.06. The van der Waals surface area contributed by atoms with Gasteiger partial charge in [0.2, 0.25) is 0 Å². The van der Waals surface area contributed by atoms with Gasteiger partial charge in [0.15, 0.2) is 0 Å². The van der Waals surface area contributed by atoms with Crippen LogP contribution in [0.4, 0.5) is 0 Å². The third-order valence-electron chi connectivity index (χ3n) is 3.16. The Bertz CT molecular complexity index is 299. The highest BCUT2D eigenvalue weighted by atomic mass is 15.3. The van der Waals surface area contributed by atoms with Crippen molar-refractivity contribution in [1.82, 2.24) is 20.1 Å². The van der Waals surface area contributed by atoms with E-state index in [0.717, 1.165) is 18.9 Å². The first-order valence-electron chi connectivity index (χ1n) is 5.34. The van der Waals surface area contributed by atoms with Crippen molar-refractivity contribution in [3.8, 4) is 0 Å². The van der Waals surface area contributed by atoms with E-state index in [9.17, 15) is 0 Å². The van der Waals surface area contributed by atoms with Gasteiger partial charge in [-0.15, -0.1) is 10.2 Å². The second kappa shape index (κ2) is 3.69. The summed E-state index contributed by atoms with van der Waals surface area (Å²) in [6, 6.07) is 0. The Kier molecular flexibility index (Phi) is 2.54. The van der Waals surface area contributed by atoms with Crippen molar-refractivity contribution in [1.29, 1.82) is 0 Å². The molecule has 0 bridgehead atoms. The Balaban J connectivity index is 2.31. The summed E-state index contributed by atoms with van der Waals surface area (Å²) in [6.07, 6.45) is 5.39. The highest BCUT2D eigenvalue weighted by molar-refractivity contribution is 5.12. The fraction of sp³-hybridized carbons (Fsp3) is 0.800. The van der Waals surface area contributed by atoms with Gasteiger partial charge in [0.1, 0.15) is 12.2 Å². The van der Waals surface area contributed by atoms with E-state index < -0.39 is 0 Å². The summed E-state index contributed by atoms with van der Waals surface area (Å²) in [5.41, 5.74) is 0.236. The Morgan fingerprint density at radius 3 is 3.00 bits per heavy atom. The van der Waals surface area contributed by atoms with Crippen molar-refractivity contribution in [2.45, 2.75) is 31.6 Å². The molecule has 0 saturated carbocycles. The maximum atomic E-state index is 4.26. The van der Waals surface area contributed by atoms with Crippen LogP contribution in [0.3, 0.4) is 0 Å². The van der Waals surface area contributed by atoms with Crippen LogP contribution in [0.1, 0.15) is 32.0 Å². The van der Waals surface area contributed by atoms with Crippen molar-refractivity contribution >= 4 is 0 Å². The van der Waals surface area contributed by atoms with Crippen LogP contribution >= 0.6 is 0 Å². The predicted molar refractivity (Wildman–Crippen MR) is 55.1 cm³/mol. The van der Waals surface area contributed by atoms with Crippen LogP contribution in [0, 0.1) is 0 Å². The normalized spacial score (nSPS) is 27.0. The molecule has 1 aromatic heterocycles. The maximum absolute atomic E-state index is 4.26. The van der Waals surface area contributed by atoms with E-state index in [2.05, 4.69) is 27.0 Å². The second-order valence-corrected chi connectivity index (χ2v) is 4.22. The average molecular weight is 194 g/mol. The quantitative estimate of drug-likeness (QED) is 0.775. The molecule has 1 atom stereocenters. The lowest BCUT2D eigenvalue weighted by atomic mass is 9.81. The Morgan fingerprint density at radius 1 is 1.64 bits per heavy atom. The summed E-state index contributed by atoms with van der Waals surface area (Å²) in [6.45, 7) is 4.39. The Labute approximate surface area is 84.7 Å². The minimum absolute atomic E-state index is 0.236. The first-order valence-corrected chi connectivity index (χ1v) is 5.34. The average Bonchev–Trinajstić information content (AvgIpc) is 2.75. The van der Waals surface area contributed by atoms with Gasteiger partial charge in [-0.3, -0.25) is 0 Å². The van der Waals surface area contributed by atoms with E-state index in [4.69, 9.17) is 0 Å². The molecule has 0 aliphatic carbocycles. The Morgan fingerprint density at radius 2 is 2.50 bits per heavy atom. The zero-order valence-corrected chi connectivity index (χ0v) is 8.95. The van der Waals surface area contributed by atoms with Crippen LogP contribution in [-0.4, -0.2) is 27.9 Å². The van der Waals surface area contributed by atoms with Crippen LogP contribution in [0.15, 0.2) is 6.33 Å². The summed E-state index contributed by atoms with van der Waals surface area (Å²) in [5.74, 6) is 1.14. The molecule has 2 heterocycles. The number of aromatic nitrogens is 3. The highest BCUT2D eigenvalue weighted by Crippen LogP contribution is 2.33. The van der Waals surface area contributed by atoms with Crippen molar-refractivity contribution in [2.24, 2.45) is 7.05 Å². The van der Waals surface area contributed by atoms with Crippen LogP contribution in [-0.2, 0) is 12.5 Å². The standard InChI is InChI=1S/C10H18N4/c1-3-4-10(5-6-11-7-10)9-13-12-8-14(9)2/h8,11H,3-7H2,1-2H3. The Hall–Kier alpha value is -0.900. The molecule has 0 spiro atoms. The highest BCUT2D eigenvalue weighted by Gasteiger charge is 2.38. The van der Waals surface area contributed by atoms with Crippen LogP contribution in [0.25, 0.3) is 0 Å². The van der Waals surface area contributed by atoms with Gasteiger partial charge in [-0.25, -0.2) is 0 Å². The van der Waals surface area contributed by atoms with Gasteiger partial charge in [-0.1, -0.05) is 13.3 Å². The van der Waals surface area contributed by atoms with E-state index in [1.807, 2.05) is 7.05 Å². The van der Waals surface area contributed by atoms with Gasteiger partial charge in [0.25, 0.3) is 0 Å². The van der Waals surface area contributed by atoms with E-state index in [0.29, 0.717) is 0 Å². The zero-order chi connectivity index (χ0) is 10.0. The number of hydrogen-bond donors (Lipinski definition) is 1. The summed E-state index contributed by atoms with van der Waals surface area (Å²) in [4.78, 5) is 0. The molecule has 4 nitrogen and oxygen atoms in total. The minimum atomic E-state index is 0.236. The van der Waals surface area contributed by atoms with Crippen molar-refractivity contribution in [2.75, 3.05) is 13.1 Å². The number of hydrogen-bond acceptors (Lipinski definition) is 3. The summed E-state index contributed by atoms with van der Waals surface area (Å²) >= 11 is 0. The number of nitrogens with one attached hydrogen (secondary N) is 1. The van der Waals surface area contributed by atoms with Gasteiger partial charge in [-0.05, 0) is 19.4 Å². The minimum Gasteiger partial charge on any atom is -0.320 e. The monoisotopic (exact) mass is 194 g/mol. The van der Waals surface area contributed by atoms with E-state index in [-0.39, 0.29) is 5.41 Å². The van der Waals surface area contributed by atoms with Gasteiger partial charge >= 0.3 is 0 Å². The largest absolute Gasteiger partial charge is 0.320 e. The molecule has 0 radical (unpaired) electrons. The SMILES string of the molecule is CCCC1(c2nncn2C)CCNC1. The molecule has 4 heteroatoms. The van der Waals surface area contributed by atoms with Crippen LogP contribution in [0.2, 0.25) is 0 Å². The molecule has 0 amide bonds. The van der Waals surface area contributed by atoms with E-state index >= 15 is 0 Å². The van der Waals surface area contributed by atoms with Crippen molar-refractivity contribution in [3.63, 3.8) is 0 Å². The molecule has 1 fully saturated rings. The molecule has 1 saturated heterocycles. The van der Waals surface area contributed by atoms with Crippen LogP contribution in [0.5, 0.6) is 0 Å². The van der Waals surface area contributed by atoms with E-state index in [1.54, 1.807) is 6.33 Å². The summed E-state index contributed by atoms with van der Waals surface area (Å²) in [7, 11) is 2.03. The van der Waals surface area contributed by atoms with Gasteiger partial charge in [0.05, 0.1) is 0 Å². The summed E-state index contributed by atoms with van der Waals surface area (Å²) in [5, 5.41) is 11.7. The maximum Gasteiger partial charge on any atom is 0.140 e. The molecule has 78 valence electrons. The molecule has 1 aliphatic rings. The fourth-order valence-corrected chi connectivity index (χ4v) is 2.50. The smallest absolute Gasteiger partial charge is 0.140 e. The molecule has 2 rings (SSSR count). The van der Waals surface area contributed by atoms with E-state index in [1.165, 1.54) is 19.3 Å². The number of rotatable bonds is 3. The second-order valence-electron chi connectivity index (χ2n) is 4.22. The third kappa shape index (κ3) is 1.43. The molecule has 1 aromatic rings. The first-order chi connectivity index (χ1) is 6.78. The lowest BCUT2D eigenvalue weighted by Crippen LogP contribution is -2.32. The lowest BCUT2D eigenvalue weighted by molar-refractivity contribution is 0.390. The topological polar surface area (TPSA) is 42.7 Å². The third-order valence-corrected chi connectivity index (χ3v) is 3.16. The fourth-order valence-electron chi connectivity index (χ4n) is 2.50. The molecule has 1 unspecified atom stereocenters. The van der Waals surface area contributed by atoms with Gasteiger partial charge in [-0.2, -0.15) is 0 Å². The van der Waals surface area contributed by atoms with Crippen molar-refractivity contribution < 1.29 is 0 Å². The number of nitrogens with zero attached hydrogens (tertiary/aromatic N) is 3. The van der Waals surface area contributed by atoms with Gasteiger partial charge in [0, 0.05) is 19.0 Å². The first kappa shape index (κ1) is 9.65. The predicted octanol–water partition coefficient (Wildman–Crippen LogP) is 0.846. The zero-order valence-electron chi connectivity index (χ0n) is 8.95. The molecular formula is C10H18N4. The van der Waals surface area contributed by atoms with Gasteiger partial charge < -0.3 is 9.88 Å². The van der Waals surface area contributed by atoms with Crippen LogP contribution < -0.4 is 5.32 Å². The van der Waals surface area contributed by atoms with Crippen molar-refractivity contribution in [3.05, 3.63) is 12.2 Å². The molecule has 0 aromatic carbocycles. The molecule has 14 heavy (non-hydrogen) atoms. The molecular weight excluding hydrogens is 176 g/mol. The molecule has 1 N–H and O–H groups in total. The lowest BCUT2D eigenvalue weighted by Gasteiger charge is -2.26. The molecule has 1 aliphatic heterocycles.